The van der Waals surface area contributed by atoms with Crippen molar-refractivity contribution in [2.75, 3.05) is 32.8 Å². The first-order valence-electron chi connectivity index (χ1n) is 9.16. The molecule has 4 aliphatic carbocycles. The Balaban J connectivity index is 1.52. The van der Waals surface area contributed by atoms with Crippen molar-refractivity contribution in [1.82, 2.24) is 0 Å². The van der Waals surface area contributed by atoms with Gasteiger partial charge in [0, 0.05) is 0 Å². The van der Waals surface area contributed by atoms with Crippen molar-refractivity contribution in [1.29, 1.82) is 0 Å². The van der Waals surface area contributed by atoms with Gasteiger partial charge in [-0.25, -0.2) is 0 Å². The molecule has 116 valence electrons. The third-order valence-electron chi connectivity index (χ3n) is 7.03. The van der Waals surface area contributed by atoms with Crippen LogP contribution in [0.25, 0.3) is 0 Å². The summed E-state index contributed by atoms with van der Waals surface area (Å²) in [6.45, 7) is 12.9. The quantitative estimate of drug-likeness (QED) is 0.646. The highest BCUT2D eigenvalue weighted by molar-refractivity contribution is 4.98. The van der Waals surface area contributed by atoms with Gasteiger partial charge in [-0.2, -0.15) is 0 Å². The summed E-state index contributed by atoms with van der Waals surface area (Å²) in [5, 5.41) is 0. The Kier molecular flexibility index (Phi) is 4.42. The van der Waals surface area contributed by atoms with Crippen LogP contribution in [0.1, 0.15) is 52.9 Å². The van der Waals surface area contributed by atoms with Crippen molar-refractivity contribution < 1.29 is 9.22 Å². The molecule has 0 amide bonds. The fourth-order valence-corrected chi connectivity index (χ4v) is 5.67. The van der Waals surface area contributed by atoms with Crippen molar-refractivity contribution in [2.45, 2.75) is 59.0 Å². The summed E-state index contributed by atoms with van der Waals surface area (Å²) >= 11 is 0. The Labute approximate surface area is 125 Å². The van der Waals surface area contributed by atoms with E-state index < -0.39 is 0 Å². The fraction of sp³-hybridized carbons (Fsp3) is 1.00. The lowest BCUT2D eigenvalue weighted by Gasteiger charge is -2.54. The minimum atomic E-state index is 0.621. The van der Waals surface area contributed by atoms with Crippen LogP contribution in [0.5, 0.6) is 0 Å². The highest BCUT2D eigenvalue weighted by Gasteiger charge is 2.48. The molecule has 0 spiro atoms. The van der Waals surface area contributed by atoms with Gasteiger partial charge in [-0.1, -0.05) is 0 Å². The lowest BCUT2D eigenvalue weighted by Crippen LogP contribution is -2.52. The molecule has 0 heterocycles. The molecule has 0 N–H and O–H groups in total. The monoisotopic (exact) mass is 280 g/mol. The van der Waals surface area contributed by atoms with Crippen LogP contribution >= 0.6 is 0 Å². The lowest BCUT2D eigenvalue weighted by atomic mass is 9.55. The topological polar surface area (TPSA) is 9.23 Å². The Bertz CT molecular complexity index is 287. The summed E-state index contributed by atoms with van der Waals surface area (Å²) in [4.78, 5) is 0. The molecule has 0 aromatic carbocycles. The molecule has 0 atom stereocenters. The standard InChI is InChI=1S/C18H34NO/c1-4-19(5-2,6-3)7-8-20-18-16-10-14-9-15(12-16)13-17(18)11-14/h14-18H,4-13H2,1-3H3/q+1. The number of rotatable bonds is 7. The van der Waals surface area contributed by atoms with Crippen LogP contribution in [0, 0.1) is 23.7 Å². The Hall–Kier alpha value is -0.0800. The minimum Gasteiger partial charge on any atom is -0.372 e. The van der Waals surface area contributed by atoms with Crippen LogP contribution < -0.4 is 0 Å². The van der Waals surface area contributed by atoms with Crippen molar-refractivity contribution in [3.63, 3.8) is 0 Å². The summed E-state index contributed by atoms with van der Waals surface area (Å²) in [5.41, 5.74) is 0. The summed E-state index contributed by atoms with van der Waals surface area (Å²) in [6.07, 6.45) is 8.08. The first-order chi connectivity index (χ1) is 9.69. The molecule has 0 aromatic heterocycles. The van der Waals surface area contributed by atoms with Crippen molar-refractivity contribution in [3.05, 3.63) is 0 Å². The maximum absolute atomic E-state index is 6.46. The third-order valence-corrected chi connectivity index (χ3v) is 7.03. The number of quaternary nitrogens is 1. The zero-order valence-electron chi connectivity index (χ0n) is 13.8. The summed E-state index contributed by atoms with van der Waals surface area (Å²) in [6, 6.07) is 0. The van der Waals surface area contributed by atoms with Crippen LogP contribution in [-0.4, -0.2) is 43.4 Å². The van der Waals surface area contributed by atoms with E-state index in [9.17, 15) is 0 Å². The molecule has 2 nitrogen and oxygen atoms in total. The molecule has 4 bridgehead atoms. The van der Waals surface area contributed by atoms with E-state index in [1.54, 1.807) is 6.42 Å². The van der Waals surface area contributed by atoms with Crippen molar-refractivity contribution in [2.24, 2.45) is 23.7 Å². The predicted molar refractivity (Wildman–Crippen MR) is 83.5 cm³/mol. The van der Waals surface area contributed by atoms with Crippen LogP contribution in [0.2, 0.25) is 0 Å². The van der Waals surface area contributed by atoms with Crippen LogP contribution in [0.4, 0.5) is 0 Å². The van der Waals surface area contributed by atoms with Gasteiger partial charge < -0.3 is 9.22 Å². The second-order valence-corrected chi connectivity index (χ2v) is 7.78. The molecule has 4 saturated carbocycles. The number of ether oxygens (including phenoxy) is 1. The fourth-order valence-electron chi connectivity index (χ4n) is 5.67. The van der Waals surface area contributed by atoms with Crippen LogP contribution in [0.3, 0.4) is 0 Å². The Morgan fingerprint density at radius 3 is 1.75 bits per heavy atom. The zero-order chi connectivity index (χ0) is 14.2. The highest BCUT2D eigenvalue weighted by Crippen LogP contribution is 2.54. The van der Waals surface area contributed by atoms with Gasteiger partial charge in [-0.3, -0.25) is 0 Å². The highest BCUT2D eigenvalue weighted by atomic mass is 16.5. The Morgan fingerprint density at radius 2 is 1.30 bits per heavy atom. The second kappa shape index (κ2) is 5.96. The van der Waals surface area contributed by atoms with Gasteiger partial charge in [-0.05, 0) is 76.5 Å². The zero-order valence-corrected chi connectivity index (χ0v) is 13.8. The number of hydrogen-bond donors (Lipinski definition) is 0. The normalized spacial score (nSPS) is 39.5. The molecule has 0 saturated heterocycles. The van der Waals surface area contributed by atoms with Crippen molar-refractivity contribution in [3.8, 4) is 0 Å². The summed E-state index contributed by atoms with van der Waals surface area (Å²) in [7, 11) is 0. The van der Waals surface area contributed by atoms with Gasteiger partial charge in [0.25, 0.3) is 0 Å². The van der Waals surface area contributed by atoms with Crippen LogP contribution in [-0.2, 0) is 4.74 Å². The van der Waals surface area contributed by atoms with E-state index in [0.717, 1.165) is 30.3 Å². The van der Waals surface area contributed by atoms with E-state index in [4.69, 9.17) is 4.74 Å². The van der Waals surface area contributed by atoms with E-state index in [2.05, 4.69) is 20.8 Å². The molecule has 4 fully saturated rings. The summed E-state index contributed by atoms with van der Waals surface area (Å²) in [5.74, 6) is 3.96. The van der Waals surface area contributed by atoms with E-state index in [0.29, 0.717) is 6.10 Å². The first kappa shape index (κ1) is 14.8. The average molecular weight is 280 g/mol. The van der Waals surface area contributed by atoms with Gasteiger partial charge >= 0.3 is 0 Å². The van der Waals surface area contributed by atoms with Crippen LogP contribution in [0.15, 0.2) is 0 Å². The predicted octanol–water partition coefficient (Wildman–Crippen LogP) is 3.70. The number of nitrogens with zero attached hydrogens (tertiary/aromatic N) is 1. The SMILES string of the molecule is CC[N+](CC)(CC)CCOC1C2CC3CC(C2)CC1C3. The first-order valence-corrected chi connectivity index (χ1v) is 9.16. The molecule has 0 unspecified atom stereocenters. The Morgan fingerprint density at radius 1 is 0.800 bits per heavy atom. The molecule has 0 radical (unpaired) electrons. The number of likely N-dealkylation sites (N-methyl/N-ethyl adjacent to an activating group) is 1. The second-order valence-electron chi connectivity index (χ2n) is 7.78. The molecule has 2 heteroatoms. The van der Waals surface area contributed by atoms with Gasteiger partial charge in [0.1, 0.15) is 6.54 Å². The van der Waals surface area contributed by atoms with Gasteiger partial charge in [-0.15, -0.1) is 0 Å². The van der Waals surface area contributed by atoms with Crippen molar-refractivity contribution >= 4 is 0 Å². The lowest BCUT2D eigenvalue weighted by molar-refractivity contribution is -0.923. The minimum absolute atomic E-state index is 0.621. The van der Waals surface area contributed by atoms with Gasteiger partial charge in [0.15, 0.2) is 0 Å². The maximum Gasteiger partial charge on any atom is 0.102 e. The molecule has 0 aliphatic heterocycles. The van der Waals surface area contributed by atoms with Gasteiger partial charge in [0.05, 0.1) is 32.3 Å². The molecular formula is C18H34NO+. The number of hydrogen-bond acceptors (Lipinski definition) is 1. The molecule has 4 rings (SSSR count). The largest absolute Gasteiger partial charge is 0.372 e. The maximum atomic E-state index is 6.46. The van der Waals surface area contributed by atoms with E-state index in [1.165, 1.54) is 56.3 Å². The molecular weight excluding hydrogens is 246 g/mol. The van der Waals surface area contributed by atoms with E-state index >= 15 is 0 Å². The van der Waals surface area contributed by atoms with E-state index in [-0.39, 0.29) is 0 Å². The molecule has 0 aromatic rings. The summed E-state index contributed by atoms with van der Waals surface area (Å²) < 4.78 is 7.69. The smallest absolute Gasteiger partial charge is 0.102 e. The molecule has 4 aliphatic rings. The third kappa shape index (κ3) is 2.66. The van der Waals surface area contributed by atoms with Gasteiger partial charge in [0.2, 0.25) is 0 Å². The van der Waals surface area contributed by atoms with E-state index in [1.807, 2.05) is 0 Å². The molecule has 20 heavy (non-hydrogen) atoms. The average Bonchev–Trinajstić information content (AvgIpc) is 2.46.